The summed E-state index contributed by atoms with van der Waals surface area (Å²) in [5.74, 6) is 0.501. The maximum atomic E-state index is 9.20. The molecule has 0 heterocycles. The minimum Gasteiger partial charge on any atom is -0.394 e. The predicted octanol–water partition coefficient (Wildman–Crippen LogP) is 1.25. The van der Waals surface area contributed by atoms with Gasteiger partial charge >= 0.3 is 0 Å². The second-order valence-electron chi connectivity index (χ2n) is 4.32. The fraction of sp³-hybridized carbons (Fsp3) is 0.538. The van der Waals surface area contributed by atoms with Crippen molar-refractivity contribution < 1.29 is 10.2 Å². The van der Waals surface area contributed by atoms with E-state index in [4.69, 9.17) is 5.11 Å². The van der Waals surface area contributed by atoms with Gasteiger partial charge in [0.2, 0.25) is 0 Å². The molecule has 1 rings (SSSR count). The van der Waals surface area contributed by atoms with Gasteiger partial charge in [0.25, 0.3) is 0 Å². The van der Waals surface area contributed by atoms with Crippen molar-refractivity contribution in [3.63, 3.8) is 0 Å². The molecule has 1 aromatic rings. The van der Waals surface area contributed by atoms with E-state index in [9.17, 15) is 5.11 Å². The van der Waals surface area contributed by atoms with Crippen molar-refractivity contribution in [1.82, 2.24) is 5.32 Å². The molecule has 0 spiro atoms. The number of rotatable bonds is 6. The summed E-state index contributed by atoms with van der Waals surface area (Å²) in [5, 5.41) is 21.0. The van der Waals surface area contributed by atoms with Crippen LogP contribution in [0.25, 0.3) is 0 Å². The molecule has 1 aromatic carbocycles. The van der Waals surface area contributed by atoms with Gasteiger partial charge in [0.15, 0.2) is 0 Å². The monoisotopic (exact) mass is 223 g/mol. The summed E-state index contributed by atoms with van der Waals surface area (Å²) in [6.07, 6.45) is -0.675. The topological polar surface area (TPSA) is 52.5 Å². The number of benzene rings is 1. The summed E-state index contributed by atoms with van der Waals surface area (Å²) in [6, 6.07) is 8.28. The Morgan fingerprint density at radius 2 is 1.94 bits per heavy atom. The Labute approximate surface area is 97.1 Å². The molecule has 16 heavy (non-hydrogen) atoms. The molecule has 3 heteroatoms. The third kappa shape index (κ3) is 3.93. The van der Waals surface area contributed by atoms with Crippen molar-refractivity contribution in [1.29, 1.82) is 0 Å². The van der Waals surface area contributed by atoms with E-state index in [1.807, 2.05) is 12.1 Å². The van der Waals surface area contributed by atoms with Crippen LogP contribution in [-0.2, 0) is 6.54 Å². The highest BCUT2D eigenvalue weighted by Crippen LogP contribution is 2.18. The zero-order valence-electron chi connectivity index (χ0n) is 9.98. The van der Waals surface area contributed by atoms with Crippen LogP contribution < -0.4 is 5.32 Å². The van der Waals surface area contributed by atoms with Crippen molar-refractivity contribution in [2.75, 3.05) is 13.2 Å². The fourth-order valence-corrected chi connectivity index (χ4v) is 1.70. The van der Waals surface area contributed by atoms with Crippen molar-refractivity contribution in [3.8, 4) is 0 Å². The molecule has 0 aliphatic rings. The fourth-order valence-electron chi connectivity index (χ4n) is 1.70. The van der Waals surface area contributed by atoms with Gasteiger partial charge in [0.1, 0.15) is 0 Å². The maximum Gasteiger partial charge on any atom is 0.0895 e. The van der Waals surface area contributed by atoms with Gasteiger partial charge in [-0.05, 0) is 17.0 Å². The highest BCUT2D eigenvalue weighted by molar-refractivity contribution is 5.29. The van der Waals surface area contributed by atoms with E-state index in [-0.39, 0.29) is 6.61 Å². The number of hydrogen-bond acceptors (Lipinski definition) is 3. The molecule has 3 nitrogen and oxygen atoms in total. The van der Waals surface area contributed by atoms with Gasteiger partial charge in [0, 0.05) is 13.1 Å². The van der Waals surface area contributed by atoms with Gasteiger partial charge in [-0.1, -0.05) is 38.1 Å². The lowest BCUT2D eigenvalue weighted by atomic mass is 9.97. The average Bonchev–Trinajstić information content (AvgIpc) is 2.29. The van der Waals surface area contributed by atoms with Crippen LogP contribution in [0.1, 0.15) is 30.9 Å². The van der Waals surface area contributed by atoms with Crippen molar-refractivity contribution in [2.45, 2.75) is 32.4 Å². The maximum absolute atomic E-state index is 9.20. The molecule has 1 unspecified atom stereocenters. The van der Waals surface area contributed by atoms with Crippen molar-refractivity contribution in [3.05, 3.63) is 35.4 Å². The lowest BCUT2D eigenvalue weighted by Crippen LogP contribution is -2.29. The molecule has 0 fully saturated rings. The Hall–Kier alpha value is -0.900. The number of aliphatic hydroxyl groups is 2. The number of hydrogen-bond donors (Lipinski definition) is 3. The third-order valence-corrected chi connectivity index (χ3v) is 2.58. The van der Waals surface area contributed by atoms with Gasteiger partial charge in [-0.25, -0.2) is 0 Å². The van der Waals surface area contributed by atoms with E-state index < -0.39 is 6.10 Å². The average molecular weight is 223 g/mol. The van der Waals surface area contributed by atoms with Crippen LogP contribution in [0.4, 0.5) is 0 Å². The van der Waals surface area contributed by atoms with E-state index in [0.29, 0.717) is 12.5 Å². The van der Waals surface area contributed by atoms with Gasteiger partial charge in [-0.3, -0.25) is 0 Å². The van der Waals surface area contributed by atoms with Crippen LogP contribution >= 0.6 is 0 Å². The van der Waals surface area contributed by atoms with Crippen LogP contribution in [0.15, 0.2) is 24.3 Å². The first-order valence-corrected chi connectivity index (χ1v) is 5.72. The minimum atomic E-state index is -0.675. The molecule has 0 aliphatic heterocycles. The lowest BCUT2D eigenvalue weighted by molar-refractivity contribution is 0.0942. The molecule has 1 atom stereocenters. The lowest BCUT2D eigenvalue weighted by Gasteiger charge is -2.14. The molecule has 0 saturated heterocycles. The summed E-state index contributed by atoms with van der Waals surface area (Å²) in [6.45, 7) is 5.29. The molecular formula is C13H21NO2. The van der Waals surface area contributed by atoms with Crippen LogP contribution in [0.5, 0.6) is 0 Å². The normalized spacial score (nSPS) is 13.1. The molecule has 0 saturated carbocycles. The highest BCUT2D eigenvalue weighted by Gasteiger charge is 2.06. The summed E-state index contributed by atoms with van der Waals surface area (Å²) in [4.78, 5) is 0. The quantitative estimate of drug-likeness (QED) is 0.680. The van der Waals surface area contributed by atoms with Crippen LogP contribution in [0, 0.1) is 0 Å². The van der Waals surface area contributed by atoms with Crippen LogP contribution in [0.2, 0.25) is 0 Å². The molecule has 0 amide bonds. The van der Waals surface area contributed by atoms with Crippen LogP contribution in [-0.4, -0.2) is 29.5 Å². The Morgan fingerprint density at radius 3 is 2.56 bits per heavy atom. The summed E-state index contributed by atoms with van der Waals surface area (Å²) < 4.78 is 0. The van der Waals surface area contributed by atoms with Crippen LogP contribution in [0.3, 0.4) is 0 Å². The Morgan fingerprint density at radius 1 is 1.25 bits per heavy atom. The summed E-state index contributed by atoms with van der Waals surface area (Å²) in [7, 11) is 0. The molecule has 0 aliphatic carbocycles. The Balaban J connectivity index is 2.53. The zero-order valence-corrected chi connectivity index (χ0v) is 9.98. The highest BCUT2D eigenvalue weighted by atomic mass is 16.3. The molecule has 0 bridgehead atoms. The Bertz CT molecular complexity index is 313. The SMILES string of the molecule is CC(C)c1ccccc1CNCC(O)CO. The smallest absolute Gasteiger partial charge is 0.0895 e. The molecule has 3 N–H and O–H groups in total. The number of aliphatic hydroxyl groups excluding tert-OH is 2. The molecule has 0 aromatic heterocycles. The van der Waals surface area contributed by atoms with E-state index in [2.05, 4.69) is 31.3 Å². The summed E-state index contributed by atoms with van der Waals surface area (Å²) >= 11 is 0. The molecule has 0 radical (unpaired) electrons. The third-order valence-electron chi connectivity index (χ3n) is 2.58. The zero-order chi connectivity index (χ0) is 12.0. The van der Waals surface area contributed by atoms with Gasteiger partial charge in [-0.15, -0.1) is 0 Å². The second-order valence-corrected chi connectivity index (χ2v) is 4.32. The second kappa shape index (κ2) is 6.63. The minimum absolute atomic E-state index is 0.196. The number of nitrogens with one attached hydrogen (secondary N) is 1. The Kier molecular flexibility index (Phi) is 5.46. The van der Waals surface area contributed by atoms with E-state index in [0.717, 1.165) is 6.54 Å². The first-order chi connectivity index (χ1) is 7.65. The van der Waals surface area contributed by atoms with Crippen molar-refractivity contribution in [2.24, 2.45) is 0 Å². The van der Waals surface area contributed by atoms with Crippen molar-refractivity contribution >= 4 is 0 Å². The molecular weight excluding hydrogens is 202 g/mol. The van der Waals surface area contributed by atoms with E-state index in [1.165, 1.54) is 11.1 Å². The first kappa shape index (κ1) is 13.2. The predicted molar refractivity (Wildman–Crippen MR) is 65.3 cm³/mol. The standard InChI is InChI=1S/C13H21NO2/c1-10(2)13-6-4-3-5-11(13)7-14-8-12(16)9-15/h3-6,10,12,14-16H,7-9H2,1-2H3. The first-order valence-electron chi connectivity index (χ1n) is 5.72. The molecule has 90 valence electrons. The summed E-state index contributed by atoms with van der Waals surface area (Å²) in [5.41, 5.74) is 2.58. The largest absolute Gasteiger partial charge is 0.394 e. The van der Waals surface area contributed by atoms with Gasteiger partial charge in [0.05, 0.1) is 12.7 Å². The van der Waals surface area contributed by atoms with Gasteiger partial charge in [-0.2, -0.15) is 0 Å². The van der Waals surface area contributed by atoms with Gasteiger partial charge < -0.3 is 15.5 Å². The van der Waals surface area contributed by atoms with E-state index >= 15 is 0 Å². The van der Waals surface area contributed by atoms with E-state index in [1.54, 1.807) is 0 Å².